The Kier molecular flexibility index (Phi) is 9.90. The molecule has 1 fully saturated rings. The van der Waals surface area contributed by atoms with Crippen molar-refractivity contribution in [1.29, 1.82) is 0 Å². The summed E-state index contributed by atoms with van der Waals surface area (Å²) in [4.78, 5) is 11.7. The van der Waals surface area contributed by atoms with Gasteiger partial charge in [0.1, 0.15) is 18.0 Å². The zero-order valence-corrected chi connectivity index (χ0v) is 26.4. The lowest BCUT2D eigenvalue weighted by molar-refractivity contribution is 0.197. The molecule has 5 aromatic rings. The van der Waals surface area contributed by atoms with E-state index in [9.17, 15) is 4.39 Å². The van der Waals surface area contributed by atoms with Crippen LogP contribution < -0.4 is 10.6 Å². The Morgan fingerprint density at radius 2 is 1.77 bits per heavy atom. The van der Waals surface area contributed by atoms with Crippen LogP contribution in [0.15, 0.2) is 86.0 Å². The van der Waals surface area contributed by atoms with Crippen LogP contribution in [0.2, 0.25) is 0 Å². The molecule has 230 valence electrons. The second-order valence-corrected chi connectivity index (χ2v) is 12.7. The molecule has 0 saturated carbocycles. The largest absolute Gasteiger partial charge is 0.389 e. The standard InChI is InChI=1S/C30H30FN7.C6H14/c1-2-32-25-11-13-37(14-12-25)19-22-6-4-8-27-29(22)30(34-20-33-27)36-26-9-10-28-23(16-26)17-35-38(28)18-21-5-3-7-24(31)15-21;1-5-6(2,3)4/h2-10,15-17,20,25,32H,1,11-14,18-19H2,(H,33,34,36);5H2,1-4H3. The van der Waals surface area contributed by atoms with Gasteiger partial charge < -0.3 is 10.6 Å². The van der Waals surface area contributed by atoms with Crippen LogP contribution in [0.1, 0.15) is 58.1 Å². The minimum atomic E-state index is -0.240. The second-order valence-electron chi connectivity index (χ2n) is 12.7. The fourth-order valence-corrected chi connectivity index (χ4v) is 5.31. The predicted octanol–water partition coefficient (Wildman–Crippen LogP) is 8.05. The fourth-order valence-electron chi connectivity index (χ4n) is 5.31. The van der Waals surface area contributed by atoms with Gasteiger partial charge in [-0.05, 0) is 72.0 Å². The summed E-state index contributed by atoms with van der Waals surface area (Å²) in [5.74, 6) is 0.552. The maximum absolute atomic E-state index is 13.6. The Balaban J connectivity index is 0.000000584. The summed E-state index contributed by atoms with van der Waals surface area (Å²) in [6, 6.07) is 19.5. The summed E-state index contributed by atoms with van der Waals surface area (Å²) in [7, 11) is 0. The molecule has 2 aromatic heterocycles. The Hall–Kier alpha value is -4.30. The third-order valence-electron chi connectivity index (χ3n) is 8.27. The number of anilines is 2. The van der Waals surface area contributed by atoms with Gasteiger partial charge in [0.05, 0.1) is 23.8 Å². The highest BCUT2D eigenvalue weighted by atomic mass is 19.1. The van der Waals surface area contributed by atoms with Gasteiger partial charge in [0.15, 0.2) is 0 Å². The molecule has 44 heavy (non-hydrogen) atoms. The third-order valence-corrected chi connectivity index (χ3v) is 8.27. The number of nitrogens with zero attached hydrogens (tertiary/aromatic N) is 5. The van der Waals surface area contributed by atoms with E-state index in [1.165, 1.54) is 18.1 Å². The van der Waals surface area contributed by atoms with E-state index in [2.05, 4.69) is 83.1 Å². The van der Waals surface area contributed by atoms with Gasteiger partial charge in [-0.3, -0.25) is 9.58 Å². The number of nitrogens with one attached hydrogen (secondary N) is 2. The first-order valence-electron chi connectivity index (χ1n) is 15.5. The first-order chi connectivity index (χ1) is 21.2. The Labute approximate surface area is 260 Å². The van der Waals surface area contributed by atoms with E-state index in [0.717, 1.165) is 71.4 Å². The van der Waals surface area contributed by atoms with Crippen LogP contribution in [0.5, 0.6) is 0 Å². The summed E-state index contributed by atoms with van der Waals surface area (Å²) < 4.78 is 15.5. The van der Waals surface area contributed by atoms with Gasteiger partial charge in [-0.2, -0.15) is 5.10 Å². The summed E-state index contributed by atoms with van der Waals surface area (Å²) in [6.07, 6.45) is 8.72. The van der Waals surface area contributed by atoms with Crippen molar-refractivity contribution in [3.05, 3.63) is 103 Å². The second kappa shape index (κ2) is 14.0. The van der Waals surface area contributed by atoms with E-state index >= 15 is 0 Å². The molecule has 0 atom stereocenters. The van der Waals surface area contributed by atoms with Crippen LogP contribution in [0.4, 0.5) is 15.9 Å². The van der Waals surface area contributed by atoms with Gasteiger partial charge in [-0.1, -0.05) is 65.0 Å². The lowest BCUT2D eigenvalue weighted by Crippen LogP contribution is -2.40. The molecule has 0 aliphatic carbocycles. The smallest absolute Gasteiger partial charge is 0.142 e. The molecule has 7 nitrogen and oxygen atoms in total. The monoisotopic (exact) mass is 593 g/mol. The zero-order chi connectivity index (χ0) is 31.1. The Morgan fingerprint density at radius 3 is 2.50 bits per heavy atom. The van der Waals surface area contributed by atoms with Gasteiger partial charge in [-0.25, -0.2) is 14.4 Å². The Bertz CT molecular complexity index is 1690. The first kappa shape index (κ1) is 31.1. The van der Waals surface area contributed by atoms with Gasteiger partial charge in [0.2, 0.25) is 0 Å². The van der Waals surface area contributed by atoms with Crippen molar-refractivity contribution in [1.82, 2.24) is 30.0 Å². The predicted molar refractivity (Wildman–Crippen MR) is 179 cm³/mol. The van der Waals surface area contributed by atoms with E-state index in [1.807, 2.05) is 35.1 Å². The lowest BCUT2D eigenvalue weighted by Gasteiger charge is -2.32. The van der Waals surface area contributed by atoms with E-state index in [0.29, 0.717) is 18.0 Å². The molecule has 3 aromatic carbocycles. The number of halogens is 1. The molecule has 0 radical (unpaired) electrons. The molecule has 0 bridgehead atoms. The number of hydrogen-bond acceptors (Lipinski definition) is 6. The third kappa shape index (κ3) is 7.99. The molecular weight excluding hydrogens is 549 g/mol. The molecule has 1 aliphatic rings. The molecule has 1 aliphatic heterocycles. The minimum absolute atomic E-state index is 0.240. The van der Waals surface area contributed by atoms with Crippen LogP contribution in [0, 0.1) is 11.2 Å². The van der Waals surface area contributed by atoms with Crippen LogP contribution in [0.25, 0.3) is 21.8 Å². The average Bonchev–Trinajstić information content (AvgIpc) is 3.40. The van der Waals surface area contributed by atoms with Crippen molar-refractivity contribution >= 4 is 33.3 Å². The van der Waals surface area contributed by atoms with E-state index < -0.39 is 0 Å². The topological polar surface area (TPSA) is 70.9 Å². The summed E-state index contributed by atoms with van der Waals surface area (Å²) in [6.45, 7) is 16.2. The molecule has 6 rings (SSSR count). The van der Waals surface area contributed by atoms with Gasteiger partial charge in [0, 0.05) is 42.1 Å². The number of fused-ring (bicyclic) bond motifs is 2. The summed E-state index contributed by atoms with van der Waals surface area (Å²) in [5.41, 5.74) is 5.46. The van der Waals surface area contributed by atoms with E-state index in [4.69, 9.17) is 0 Å². The number of hydrogen-bond donors (Lipinski definition) is 2. The highest BCUT2D eigenvalue weighted by Gasteiger charge is 2.20. The fraction of sp³-hybridized carbons (Fsp3) is 0.361. The van der Waals surface area contributed by atoms with Crippen molar-refractivity contribution in [3.8, 4) is 0 Å². The molecule has 0 unspecified atom stereocenters. The van der Waals surface area contributed by atoms with Crippen LogP contribution in [0.3, 0.4) is 0 Å². The Morgan fingerprint density at radius 1 is 1.00 bits per heavy atom. The number of rotatable bonds is 8. The van der Waals surface area contributed by atoms with Crippen molar-refractivity contribution in [2.45, 2.75) is 66.1 Å². The molecule has 0 spiro atoms. The number of likely N-dealkylation sites (tertiary alicyclic amines) is 1. The van der Waals surface area contributed by atoms with Crippen LogP contribution in [-0.4, -0.2) is 43.8 Å². The molecular formula is C36H44FN7. The highest BCUT2D eigenvalue weighted by molar-refractivity contribution is 5.94. The summed E-state index contributed by atoms with van der Waals surface area (Å²) in [5, 5.41) is 13.5. The number of benzene rings is 3. The highest BCUT2D eigenvalue weighted by Crippen LogP contribution is 2.29. The summed E-state index contributed by atoms with van der Waals surface area (Å²) >= 11 is 0. The minimum Gasteiger partial charge on any atom is -0.389 e. The van der Waals surface area contributed by atoms with Crippen molar-refractivity contribution in [2.75, 3.05) is 18.4 Å². The van der Waals surface area contributed by atoms with Crippen LogP contribution in [-0.2, 0) is 13.1 Å². The molecule has 3 heterocycles. The molecule has 0 amide bonds. The maximum Gasteiger partial charge on any atom is 0.142 e. The number of piperidine rings is 1. The first-order valence-corrected chi connectivity index (χ1v) is 15.5. The lowest BCUT2D eigenvalue weighted by atomic mass is 9.94. The zero-order valence-electron chi connectivity index (χ0n) is 26.4. The van der Waals surface area contributed by atoms with Gasteiger partial charge >= 0.3 is 0 Å². The van der Waals surface area contributed by atoms with Crippen molar-refractivity contribution < 1.29 is 4.39 Å². The molecule has 8 heteroatoms. The van der Waals surface area contributed by atoms with Gasteiger partial charge in [0.25, 0.3) is 0 Å². The molecule has 2 N–H and O–H groups in total. The normalized spacial score (nSPS) is 14.3. The van der Waals surface area contributed by atoms with Crippen molar-refractivity contribution in [2.24, 2.45) is 5.41 Å². The van der Waals surface area contributed by atoms with E-state index in [1.54, 1.807) is 24.7 Å². The quantitative estimate of drug-likeness (QED) is 0.190. The van der Waals surface area contributed by atoms with Gasteiger partial charge in [-0.15, -0.1) is 0 Å². The molecule has 1 saturated heterocycles. The number of aromatic nitrogens is 4. The van der Waals surface area contributed by atoms with Crippen LogP contribution >= 0.6 is 0 Å². The maximum atomic E-state index is 13.6. The average molecular weight is 594 g/mol. The van der Waals surface area contributed by atoms with Crippen molar-refractivity contribution in [3.63, 3.8) is 0 Å². The van der Waals surface area contributed by atoms with E-state index in [-0.39, 0.29) is 5.82 Å². The SMILES string of the molecule is C=CNC1CCN(Cc2cccc3ncnc(Nc4ccc5c(cnn5Cc5cccc(F)c5)c4)c23)CC1.CCC(C)(C)C.